The van der Waals surface area contributed by atoms with Crippen molar-refractivity contribution in [2.75, 3.05) is 16.0 Å². The van der Waals surface area contributed by atoms with Crippen molar-refractivity contribution in [2.24, 2.45) is 0 Å². The van der Waals surface area contributed by atoms with E-state index in [9.17, 15) is 10.1 Å². The molecule has 0 saturated carbocycles. The minimum atomic E-state index is -0.213. The molecule has 2 aromatic heterocycles. The fraction of sp³-hybridized carbons (Fsp3) is 0. The molecular weight excluding hydrogens is 436 g/mol. The van der Waals surface area contributed by atoms with Crippen LogP contribution in [-0.2, 0) is 0 Å². The Morgan fingerprint density at radius 2 is 1.51 bits per heavy atom. The Balaban J connectivity index is 1.30. The van der Waals surface area contributed by atoms with Gasteiger partial charge in [0.2, 0.25) is 0 Å². The number of nitrogens with one attached hydrogen (secondary N) is 3. The van der Waals surface area contributed by atoms with Crippen LogP contribution in [0.2, 0.25) is 0 Å². The van der Waals surface area contributed by atoms with E-state index >= 15 is 0 Å². The van der Waals surface area contributed by atoms with Gasteiger partial charge in [0.05, 0.1) is 17.1 Å². The van der Waals surface area contributed by atoms with Crippen LogP contribution in [0.25, 0.3) is 10.9 Å². The van der Waals surface area contributed by atoms with Crippen molar-refractivity contribution in [3.63, 3.8) is 0 Å². The van der Waals surface area contributed by atoms with E-state index in [1.54, 1.807) is 42.9 Å². The van der Waals surface area contributed by atoms with Crippen LogP contribution in [0.3, 0.4) is 0 Å². The minimum Gasteiger partial charge on any atom is -0.355 e. The number of anilines is 5. The van der Waals surface area contributed by atoms with Crippen molar-refractivity contribution >= 4 is 45.2 Å². The van der Waals surface area contributed by atoms with Gasteiger partial charge in [0, 0.05) is 58.0 Å². The summed E-state index contributed by atoms with van der Waals surface area (Å²) in [6.07, 6.45) is 5.15. The van der Waals surface area contributed by atoms with Crippen molar-refractivity contribution in [1.29, 1.82) is 5.26 Å². The van der Waals surface area contributed by atoms with Gasteiger partial charge in [-0.15, -0.1) is 0 Å². The summed E-state index contributed by atoms with van der Waals surface area (Å²) < 4.78 is 0. The molecule has 5 rings (SSSR count). The Labute approximate surface area is 202 Å². The largest absolute Gasteiger partial charge is 0.355 e. The number of pyridine rings is 2. The number of benzene rings is 3. The second-order valence-corrected chi connectivity index (χ2v) is 7.80. The summed E-state index contributed by atoms with van der Waals surface area (Å²) in [7, 11) is 0. The number of hydrogen-bond acceptors (Lipinski definition) is 6. The number of amides is 1. The molecule has 5 aromatic rings. The third kappa shape index (κ3) is 5.07. The van der Waals surface area contributed by atoms with Crippen LogP contribution in [0.4, 0.5) is 28.4 Å². The summed E-state index contributed by atoms with van der Waals surface area (Å²) >= 11 is 0. The molecule has 0 bridgehead atoms. The van der Waals surface area contributed by atoms with Gasteiger partial charge in [0.25, 0.3) is 5.91 Å². The summed E-state index contributed by atoms with van der Waals surface area (Å²) in [6.45, 7) is 0. The first-order valence-corrected chi connectivity index (χ1v) is 10.9. The van der Waals surface area contributed by atoms with Crippen molar-refractivity contribution in [1.82, 2.24) is 9.97 Å². The molecule has 2 heterocycles. The summed E-state index contributed by atoms with van der Waals surface area (Å²) in [5, 5.41) is 19.6. The van der Waals surface area contributed by atoms with Crippen molar-refractivity contribution in [3.05, 3.63) is 115 Å². The summed E-state index contributed by atoms with van der Waals surface area (Å²) in [5.41, 5.74) is 5.96. The van der Waals surface area contributed by atoms with Crippen LogP contribution >= 0.6 is 0 Å². The van der Waals surface area contributed by atoms with Gasteiger partial charge >= 0.3 is 0 Å². The molecule has 168 valence electrons. The lowest BCUT2D eigenvalue weighted by molar-refractivity contribution is 0.102. The van der Waals surface area contributed by atoms with Gasteiger partial charge < -0.3 is 16.0 Å². The molecule has 3 N–H and O–H groups in total. The predicted molar refractivity (Wildman–Crippen MR) is 138 cm³/mol. The zero-order valence-corrected chi connectivity index (χ0v) is 18.6. The number of nitrogens with zero attached hydrogens (tertiary/aromatic N) is 3. The molecule has 0 unspecified atom stereocenters. The maximum Gasteiger partial charge on any atom is 0.255 e. The van der Waals surface area contributed by atoms with Gasteiger partial charge in [0.1, 0.15) is 0 Å². The van der Waals surface area contributed by atoms with E-state index in [1.165, 1.54) is 0 Å². The second-order valence-electron chi connectivity index (χ2n) is 7.80. The second kappa shape index (κ2) is 9.73. The fourth-order valence-electron chi connectivity index (χ4n) is 3.66. The van der Waals surface area contributed by atoms with Crippen molar-refractivity contribution < 1.29 is 4.79 Å². The molecule has 0 spiro atoms. The Kier molecular flexibility index (Phi) is 6.01. The normalized spacial score (nSPS) is 10.4. The summed E-state index contributed by atoms with van der Waals surface area (Å²) in [4.78, 5) is 21.2. The van der Waals surface area contributed by atoms with Gasteiger partial charge in [-0.25, -0.2) is 0 Å². The average Bonchev–Trinajstić information content (AvgIpc) is 2.90. The standard InChI is InChI=1S/C28H20N6O/c29-18-19-4-9-26-25(16-19)27(12-15-31-26)33-24-3-1-2-20(17-24)28(35)34-22-7-5-21(6-8-22)32-23-10-13-30-14-11-23/h1-17H,(H,30,32)(H,31,33)(H,34,35). The number of rotatable bonds is 6. The number of carbonyl (C=O) groups is 1. The SMILES string of the molecule is N#Cc1ccc2nccc(Nc3cccc(C(=O)Nc4ccc(Nc5ccncc5)cc4)c3)c2c1. The third-order valence-corrected chi connectivity index (χ3v) is 5.39. The number of carbonyl (C=O) groups excluding carboxylic acids is 1. The quantitative estimate of drug-likeness (QED) is 0.279. The third-order valence-electron chi connectivity index (χ3n) is 5.39. The molecule has 7 nitrogen and oxygen atoms in total. The molecule has 0 aliphatic heterocycles. The first-order valence-electron chi connectivity index (χ1n) is 10.9. The van der Waals surface area contributed by atoms with E-state index in [2.05, 4.69) is 32.0 Å². The average molecular weight is 457 g/mol. The molecule has 35 heavy (non-hydrogen) atoms. The van der Waals surface area contributed by atoms with Crippen LogP contribution in [-0.4, -0.2) is 15.9 Å². The van der Waals surface area contributed by atoms with Crippen LogP contribution < -0.4 is 16.0 Å². The van der Waals surface area contributed by atoms with E-state index in [0.717, 1.165) is 33.7 Å². The molecule has 0 aliphatic rings. The lowest BCUT2D eigenvalue weighted by Gasteiger charge is -2.12. The minimum absolute atomic E-state index is 0.213. The van der Waals surface area contributed by atoms with Gasteiger partial charge in [0.15, 0.2) is 0 Å². The van der Waals surface area contributed by atoms with E-state index in [1.807, 2.05) is 60.7 Å². The zero-order chi connectivity index (χ0) is 24.0. The number of aromatic nitrogens is 2. The highest BCUT2D eigenvalue weighted by Gasteiger charge is 2.09. The van der Waals surface area contributed by atoms with Crippen molar-refractivity contribution in [2.45, 2.75) is 0 Å². The molecule has 3 aromatic carbocycles. The highest BCUT2D eigenvalue weighted by atomic mass is 16.1. The van der Waals surface area contributed by atoms with Crippen LogP contribution in [0.1, 0.15) is 15.9 Å². The predicted octanol–water partition coefficient (Wildman–Crippen LogP) is 6.24. The van der Waals surface area contributed by atoms with E-state index in [4.69, 9.17) is 0 Å². The highest BCUT2D eigenvalue weighted by molar-refractivity contribution is 6.05. The van der Waals surface area contributed by atoms with E-state index < -0.39 is 0 Å². The molecule has 7 heteroatoms. The molecular formula is C28H20N6O. The smallest absolute Gasteiger partial charge is 0.255 e. The van der Waals surface area contributed by atoms with E-state index in [0.29, 0.717) is 16.8 Å². The summed E-state index contributed by atoms with van der Waals surface area (Å²) in [6, 6.07) is 27.9. The first-order chi connectivity index (χ1) is 17.2. The van der Waals surface area contributed by atoms with Gasteiger partial charge in [-0.3, -0.25) is 14.8 Å². The lowest BCUT2D eigenvalue weighted by Crippen LogP contribution is -2.12. The zero-order valence-electron chi connectivity index (χ0n) is 18.6. The van der Waals surface area contributed by atoms with Crippen molar-refractivity contribution in [3.8, 4) is 6.07 Å². The molecule has 0 saturated heterocycles. The maximum absolute atomic E-state index is 12.9. The first kappa shape index (κ1) is 21.6. The Morgan fingerprint density at radius 3 is 2.31 bits per heavy atom. The van der Waals surface area contributed by atoms with Gasteiger partial charge in [-0.05, 0) is 78.9 Å². The highest BCUT2D eigenvalue weighted by Crippen LogP contribution is 2.27. The van der Waals surface area contributed by atoms with Crippen LogP contribution in [0, 0.1) is 11.3 Å². The molecule has 0 radical (unpaired) electrons. The molecule has 0 fully saturated rings. The molecule has 0 aliphatic carbocycles. The lowest BCUT2D eigenvalue weighted by atomic mass is 10.1. The fourth-order valence-corrected chi connectivity index (χ4v) is 3.66. The van der Waals surface area contributed by atoms with Crippen LogP contribution in [0.15, 0.2) is 104 Å². The number of hydrogen-bond donors (Lipinski definition) is 3. The Morgan fingerprint density at radius 1 is 0.743 bits per heavy atom. The van der Waals surface area contributed by atoms with Crippen LogP contribution in [0.5, 0.6) is 0 Å². The molecule has 0 atom stereocenters. The number of fused-ring (bicyclic) bond motifs is 1. The Hall–Kier alpha value is -5.22. The van der Waals surface area contributed by atoms with Gasteiger partial charge in [-0.1, -0.05) is 6.07 Å². The summed E-state index contributed by atoms with van der Waals surface area (Å²) in [5.74, 6) is -0.213. The maximum atomic E-state index is 12.9. The Bertz CT molecular complexity index is 1540. The topological polar surface area (TPSA) is 103 Å². The monoisotopic (exact) mass is 456 g/mol. The van der Waals surface area contributed by atoms with E-state index in [-0.39, 0.29) is 5.91 Å². The van der Waals surface area contributed by atoms with Gasteiger partial charge in [-0.2, -0.15) is 5.26 Å². The molecule has 1 amide bonds. The number of nitriles is 1.